The van der Waals surface area contributed by atoms with E-state index in [1.54, 1.807) is 24.5 Å². The number of rotatable bonds is 23. The molecule has 86 heavy (non-hydrogen) atoms. The molecule has 6 rings (SSSR count). The number of amides is 8. The maximum atomic E-state index is 15.0. The molecule has 28 nitrogen and oxygen atoms in total. The summed E-state index contributed by atoms with van der Waals surface area (Å²) in [6.45, 7) is 1.52. The van der Waals surface area contributed by atoms with Crippen LogP contribution in [0.1, 0.15) is 89.2 Å². The Hall–Kier alpha value is -7.12. The van der Waals surface area contributed by atoms with Gasteiger partial charge in [0.05, 0.1) is 19.8 Å². The zero-order valence-corrected chi connectivity index (χ0v) is 48.6. The molecule has 0 saturated carbocycles. The van der Waals surface area contributed by atoms with Crippen LogP contribution in [-0.4, -0.2) is 201 Å². The van der Waals surface area contributed by atoms with Crippen molar-refractivity contribution in [1.29, 1.82) is 0 Å². The Labute approximate surface area is 497 Å². The van der Waals surface area contributed by atoms with E-state index in [0.717, 1.165) is 16.4 Å². The molecule has 2 aliphatic rings. The summed E-state index contributed by atoms with van der Waals surface area (Å²) >= 11 is 0. The third-order valence-corrected chi connectivity index (χ3v) is 15.3. The number of ether oxygens (including phenoxy) is 2. The fourth-order valence-corrected chi connectivity index (χ4v) is 10.4. The molecule has 0 bridgehead atoms. The molecule has 28 heteroatoms. The van der Waals surface area contributed by atoms with Crippen molar-refractivity contribution < 1.29 is 73.4 Å². The standard InChI is InChI=1S/C58H87N13O15/c1-31(2)23-41-53(80)69-42(24-32-26-62-36-15-5-3-13-34(32)36)54(81)64-39(18-8-11-21-60)51(78)70-44(28-72)56(83)65-40(19-9-12-22-61)52(79)71-45(30-85-58-49(76)48(75)47(74)46(29-73)86-58)57(84)66-38(17-7-10-20-59)50(77)68-43(55(82)67-41)25-33-27-63-37-16-6-4-14-35(33)37/h3-6,13-16,26-27,31,38-49,58,62-63,72-76H,7-12,17-25,28-30,59-61H2,1-2H3,(H,64,81)(H,65,83)(H,66,84)(H,67,82)(H,68,77)(H,69,80)(H,70,78)(H,71,79)/t38-,39-,40-,41-,42+,43+,44+,45+,46-,47-,48+,49+,58+/m1/s1. The lowest BCUT2D eigenvalue weighted by Crippen LogP contribution is -2.63. The van der Waals surface area contributed by atoms with E-state index in [9.17, 15) is 59.1 Å². The van der Waals surface area contributed by atoms with Crippen LogP contribution in [0.3, 0.4) is 0 Å². The number of para-hydroxylation sites is 2. The van der Waals surface area contributed by atoms with Gasteiger partial charge in [-0.3, -0.25) is 38.4 Å². The summed E-state index contributed by atoms with van der Waals surface area (Å²) in [5.41, 5.74) is 20.2. The normalized spacial score (nSPS) is 27.3. The Morgan fingerprint density at radius 2 is 0.837 bits per heavy atom. The Balaban J connectivity index is 1.45. The van der Waals surface area contributed by atoms with Crippen molar-refractivity contribution in [2.24, 2.45) is 23.1 Å². The topological polar surface area (TPSA) is 462 Å². The number of fused-ring (bicyclic) bond motifs is 2. The molecule has 8 amide bonds. The predicted octanol–water partition coefficient (Wildman–Crippen LogP) is -3.43. The number of H-pyrrole nitrogens is 2. The third kappa shape index (κ3) is 18.9. The van der Waals surface area contributed by atoms with Crippen molar-refractivity contribution in [1.82, 2.24) is 52.5 Å². The lowest BCUT2D eigenvalue weighted by atomic mass is 9.99. The number of aliphatic hydroxyl groups is 5. The fourth-order valence-electron chi connectivity index (χ4n) is 10.4. The number of aliphatic hydroxyl groups excluding tert-OH is 5. The van der Waals surface area contributed by atoms with Gasteiger partial charge in [-0.05, 0) is 113 Å². The first-order chi connectivity index (χ1) is 41.3. The van der Waals surface area contributed by atoms with Crippen LogP contribution in [-0.2, 0) is 60.7 Å². The van der Waals surface area contributed by atoms with Crippen LogP contribution >= 0.6 is 0 Å². The highest BCUT2D eigenvalue weighted by atomic mass is 16.7. The van der Waals surface area contributed by atoms with Crippen molar-refractivity contribution in [3.8, 4) is 0 Å². The number of unbranched alkanes of at least 4 members (excludes halogenated alkanes) is 3. The SMILES string of the molecule is CC(C)C[C@H]1NC(=O)[C@H](Cc2c[nH]c3ccccc23)NC(=O)[C@@H](CCCCN)NC(=O)[C@H](CO[C@H]2O[C@H](CO)[C@@H](O)[C@H](O)[C@@H]2O)NC(=O)[C@@H](CCCCN)NC(=O)[C@H](CO)NC(=O)[C@@H](CCCCN)NC(=O)[C@H](Cc2c[nH]c3ccccc23)NC1=O. The molecule has 2 aromatic carbocycles. The molecule has 21 N–H and O–H groups in total. The molecule has 2 aromatic heterocycles. The minimum atomic E-state index is -1.95. The van der Waals surface area contributed by atoms with Gasteiger partial charge in [-0.2, -0.15) is 0 Å². The highest BCUT2D eigenvalue weighted by Crippen LogP contribution is 2.24. The first-order valence-corrected chi connectivity index (χ1v) is 29.5. The molecule has 4 heterocycles. The minimum absolute atomic E-state index is 0.0233. The molecule has 2 fully saturated rings. The fraction of sp³-hybridized carbons (Fsp3) is 0.586. The van der Waals surface area contributed by atoms with E-state index in [4.69, 9.17) is 26.7 Å². The van der Waals surface area contributed by atoms with Gasteiger partial charge in [0.25, 0.3) is 0 Å². The lowest BCUT2D eigenvalue weighted by molar-refractivity contribution is -0.301. The Bertz CT molecular complexity index is 2890. The molecule has 474 valence electrons. The number of benzene rings is 2. The first-order valence-electron chi connectivity index (χ1n) is 29.5. The number of aromatic amines is 2. The van der Waals surface area contributed by atoms with Crippen LogP contribution in [0.4, 0.5) is 0 Å². The molecular formula is C58H87N13O15. The lowest BCUT2D eigenvalue weighted by Gasteiger charge is -2.40. The second-order valence-corrected chi connectivity index (χ2v) is 22.3. The summed E-state index contributed by atoms with van der Waals surface area (Å²) in [7, 11) is 0. The molecule has 4 aromatic rings. The summed E-state index contributed by atoms with van der Waals surface area (Å²) in [5.74, 6) is -7.62. The van der Waals surface area contributed by atoms with E-state index in [-0.39, 0.29) is 76.9 Å². The molecule has 0 aliphatic carbocycles. The minimum Gasteiger partial charge on any atom is -0.394 e. The van der Waals surface area contributed by atoms with Crippen LogP contribution in [0, 0.1) is 5.92 Å². The maximum Gasteiger partial charge on any atom is 0.245 e. The number of carbonyl (C=O) groups is 8. The number of carbonyl (C=O) groups excluding carboxylic acids is 8. The molecular weight excluding hydrogens is 1120 g/mol. The molecule has 13 atom stereocenters. The smallest absolute Gasteiger partial charge is 0.245 e. The van der Waals surface area contributed by atoms with E-state index in [1.807, 2.05) is 50.2 Å². The van der Waals surface area contributed by atoms with Crippen molar-refractivity contribution in [3.63, 3.8) is 0 Å². The van der Waals surface area contributed by atoms with E-state index >= 15 is 4.79 Å². The van der Waals surface area contributed by atoms with Gasteiger partial charge in [0, 0.05) is 47.0 Å². The zero-order valence-electron chi connectivity index (χ0n) is 48.6. The van der Waals surface area contributed by atoms with Gasteiger partial charge >= 0.3 is 0 Å². The van der Waals surface area contributed by atoms with E-state index < -0.39 is 146 Å². The Morgan fingerprint density at radius 1 is 0.465 bits per heavy atom. The van der Waals surface area contributed by atoms with Gasteiger partial charge in [-0.15, -0.1) is 0 Å². The highest BCUT2D eigenvalue weighted by molar-refractivity contribution is 5.99. The van der Waals surface area contributed by atoms with Crippen molar-refractivity contribution in [2.75, 3.05) is 39.5 Å². The molecule has 0 radical (unpaired) electrons. The summed E-state index contributed by atoms with van der Waals surface area (Å²) in [5, 5.41) is 75.3. The molecule has 2 saturated heterocycles. The predicted molar refractivity (Wildman–Crippen MR) is 314 cm³/mol. The van der Waals surface area contributed by atoms with Gasteiger partial charge in [0.1, 0.15) is 72.8 Å². The van der Waals surface area contributed by atoms with Crippen LogP contribution in [0.25, 0.3) is 21.8 Å². The van der Waals surface area contributed by atoms with E-state index in [0.29, 0.717) is 42.2 Å². The van der Waals surface area contributed by atoms with Gasteiger partial charge in [-0.25, -0.2) is 0 Å². The number of nitrogens with one attached hydrogen (secondary N) is 10. The van der Waals surface area contributed by atoms with Crippen molar-refractivity contribution in [3.05, 3.63) is 72.1 Å². The second kappa shape index (κ2) is 33.7. The summed E-state index contributed by atoms with van der Waals surface area (Å²) in [4.78, 5) is 124. The largest absolute Gasteiger partial charge is 0.394 e. The number of aromatic nitrogens is 2. The van der Waals surface area contributed by atoms with Crippen LogP contribution in [0.5, 0.6) is 0 Å². The van der Waals surface area contributed by atoms with Crippen LogP contribution in [0.2, 0.25) is 0 Å². The average Bonchev–Trinajstić information content (AvgIpc) is 2.68. The zero-order chi connectivity index (χ0) is 62.5. The monoisotopic (exact) mass is 1210 g/mol. The third-order valence-electron chi connectivity index (χ3n) is 15.3. The van der Waals surface area contributed by atoms with Gasteiger partial charge in [-0.1, -0.05) is 50.2 Å². The maximum absolute atomic E-state index is 15.0. The molecule has 2 aliphatic heterocycles. The van der Waals surface area contributed by atoms with Gasteiger partial charge in [0.2, 0.25) is 47.3 Å². The van der Waals surface area contributed by atoms with Crippen molar-refractivity contribution in [2.45, 2.75) is 170 Å². The second-order valence-electron chi connectivity index (χ2n) is 22.3. The van der Waals surface area contributed by atoms with Gasteiger partial charge < -0.3 is 105 Å². The summed E-state index contributed by atoms with van der Waals surface area (Å²) in [6.07, 6.45) is -4.05. The van der Waals surface area contributed by atoms with Crippen molar-refractivity contribution >= 4 is 69.1 Å². The molecule has 0 spiro atoms. The van der Waals surface area contributed by atoms with Crippen LogP contribution in [0.15, 0.2) is 60.9 Å². The summed E-state index contributed by atoms with van der Waals surface area (Å²) in [6, 6.07) is 2.37. The molecule has 0 unspecified atom stereocenters. The van der Waals surface area contributed by atoms with E-state index in [1.165, 1.54) is 0 Å². The number of hydrogen-bond donors (Lipinski definition) is 18. The quantitative estimate of drug-likeness (QED) is 0.0321. The van der Waals surface area contributed by atoms with E-state index in [2.05, 4.69) is 52.5 Å². The van der Waals surface area contributed by atoms with Crippen LogP contribution < -0.4 is 59.7 Å². The first kappa shape index (κ1) is 68.0. The number of nitrogens with two attached hydrogens (primary N) is 3. The summed E-state index contributed by atoms with van der Waals surface area (Å²) < 4.78 is 11.3. The highest BCUT2D eigenvalue weighted by Gasteiger charge is 2.45. The Kier molecular flexibility index (Phi) is 26.6. The van der Waals surface area contributed by atoms with Gasteiger partial charge in [0.15, 0.2) is 6.29 Å². The average molecular weight is 1210 g/mol. The number of hydrogen-bond acceptors (Lipinski definition) is 18. The Morgan fingerprint density at radius 3 is 1.27 bits per heavy atom.